The first-order chi connectivity index (χ1) is 13.9. The third-order valence-electron chi connectivity index (χ3n) is 6.71. The number of allylic oxidation sites excluding steroid dienone is 4. The van der Waals surface area contributed by atoms with Crippen LogP contribution in [0.2, 0.25) is 0 Å². The van der Waals surface area contributed by atoms with Gasteiger partial charge in [-0.25, -0.2) is 0 Å². The molecular weight excluding hydrogens is 498 g/mol. The number of unbranched alkanes of at least 4 members (excludes halogenated alkanes) is 5. The van der Waals surface area contributed by atoms with Crippen molar-refractivity contribution in [3.8, 4) is 11.1 Å². The van der Waals surface area contributed by atoms with Crippen molar-refractivity contribution in [1.82, 2.24) is 0 Å². The van der Waals surface area contributed by atoms with E-state index < -0.39 is 0 Å². The molecule has 0 saturated carbocycles. The predicted molar refractivity (Wildman–Crippen MR) is 122 cm³/mol. The van der Waals surface area contributed by atoms with Gasteiger partial charge in [0.15, 0.2) is 0 Å². The molecule has 0 radical (unpaired) electrons. The SMILES string of the molecule is CCCCCCCCC(CC1c2ccccc2-c2ccccc21)C1=CC=CC1.[Cl-].[Cl-].[Zr+2]. The summed E-state index contributed by atoms with van der Waals surface area (Å²) in [5, 5.41) is 0. The fourth-order valence-electron chi connectivity index (χ4n) is 5.19. The van der Waals surface area contributed by atoms with Crippen molar-refractivity contribution >= 4 is 0 Å². The summed E-state index contributed by atoms with van der Waals surface area (Å²) in [5.74, 6) is 1.27. The number of rotatable bonds is 10. The van der Waals surface area contributed by atoms with E-state index in [1.54, 1.807) is 16.7 Å². The summed E-state index contributed by atoms with van der Waals surface area (Å²) in [4.78, 5) is 0. The van der Waals surface area contributed by atoms with Gasteiger partial charge < -0.3 is 24.8 Å². The normalized spacial score (nSPS) is 14.5. The second kappa shape index (κ2) is 14.5. The topological polar surface area (TPSA) is 0 Å². The Morgan fingerprint density at radius 1 is 0.806 bits per heavy atom. The molecule has 2 aliphatic carbocycles. The van der Waals surface area contributed by atoms with E-state index in [1.807, 2.05) is 0 Å². The molecule has 0 aliphatic heterocycles. The van der Waals surface area contributed by atoms with E-state index in [-0.39, 0.29) is 51.0 Å². The van der Waals surface area contributed by atoms with E-state index in [1.165, 1.54) is 62.5 Å². The van der Waals surface area contributed by atoms with Crippen molar-refractivity contribution in [3.05, 3.63) is 83.5 Å². The molecule has 164 valence electrons. The van der Waals surface area contributed by atoms with Gasteiger partial charge in [0.25, 0.3) is 0 Å². The quantitative estimate of drug-likeness (QED) is 0.413. The number of hydrogen-bond donors (Lipinski definition) is 0. The molecule has 0 saturated heterocycles. The van der Waals surface area contributed by atoms with Crippen LogP contribution in [0.5, 0.6) is 0 Å². The van der Waals surface area contributed by atoms with Crippen LogP contribution in [0.25, 0.3) is 11.1 Å². The van der Waals surface area contributed by atoms with Gasteiger partial charge in [-0.1, -0.05) is 118 Å². The Hall–Kier alpha value is -0.617. The van der Waals surface area contributed by atoms with E-state index in [0.717, 1.165) is 6.42 Å². The van der Waals surface area contributed by atoms with Crippen LogP contribution in [-0.2, 0) is 26.2 Å². The van der Waals surface area contributed by atoms with Gasteiger partial charge in [-0.05, 0) is 47.4 Å². The summed E-state index contributed by atoms with van der Waals surface area (Å²) in [7, 11) is 0. The molecule has 0 nitrogen and oxygen atoms in total. The predicted octanol–water partition coefficient (Wildman–Crippen LogP) is 2.45. The Balaban J connectivity index is 0.00000160. The van der Waals surface area contributed by atoms with E-state index in [9.17, 15) is 0 Å². The van der Waals surface area contributed by atoms with Gasteiger partial charge in [0.05, 0.1) is 0 Å². The first-order valence-electron chi connectivity index (χ1n) is 11.4. The maximum Gasteiger partial charge on any atom is 2.00 e. The largest absolute Gasteiger partial charge is 2.00 e. The van der Waals surface area contributed by atoms with Crippen LogP contribution in [-0.4, -0.2) is 0 Å². The average molecular weight is 533 g/mol. The van der Waals surface area contributed by atoms with Crippen molar-refractivity contribution in [2.45, 2.75) is 70.6 Å². The van der Waals surface area contributed by atoms with Crippen molar-refractivity contribution in [1.29, 1.82) is 0 Å². The van der Waals surface area contributed by atoms with E-state index in [4.69, 9.17) is 0 Å². The fraction of sp³-hybridized carbons (Fsp3) is 0.429. The van der Waals surface area contributed by atoms with Crippen LogP contribution >= 0.6 is 0 Å². The summed E-state index contributed by atoms with van der Waals surface area (Å²) in [6, 6.07) is 18.2. The van der Waals surface area contributed by atoms with Gasteiger partial charge in [0, 0.05) is 5.92 Å². The monoisotopic (exact) mass is 530 g/mol. The maximum atomic E-state index is 2.40. The van der Waals surface area contributed by atoms with Gasteiger partial charge in [0.1, 0.15) is 0 Å². The molecule has 2 aromatic carbocycles. The Morgan fingerprint density at radius 2 is 1.39 bits per heavy atom. The molecule has 0 bridgehead atoms. The van der Waals surface area contributed by atoms with Crippen molar-refractivity contribution in [2.75, 3.05) is 0 Å². The molecule has 0 heterocycles. The van der Waals surface area contributed by atoms with Crippen LogP contribution in [0, 0.1) is 5.92 Å². The molecule has 3 heteroatoms. The molecule has 1 unspecified atom stereocenters. The van der Waals surface area contributed by atoms with Crippen LogP contribution in [0.3, 0.4) is 0 Å². The molecule has 0 N–H and O–H groups in total. The zero-order valence-corrected chi connectivity index (χ0v) is 22.6. The summed E-state index contributed by atoms with van der Waals surface area (Å²) < 4.78 is 0. The third kappa shape index (κ3) is 6.93. The fourth-order valence-corrected chi connectivity index (χ4v) is 5.19. The van der Waals surface area contributed by atoms with Crippen molar-refractivity contribution < 1.29 is 51.0 Å². The Bertz CT molecular complexity index is 810. The summed E-state index contributed by atoms with van der Waals surface area (Å²) in [6.45, 7) is 2.30. The molecule has 1 atom stereocenters. The molecule has 0 aromatic heterocycles. The minimum absolute atomic E-state index is 0. The standard InChI is InChI=1S/C28H34.2ClH.Zr/c1-2-3-4-5-6-7-16-23(22-14-8-9-15-22)21-28-26-19-12-10-17-24(26)25-18-11-13-20-27(25)28;;;/h8-14,17-20,23,28H,2-7,15-16,21H2,1H3;2*1H;/q;;;+2/p-2. The molecular formula is C28H34Cl2Zr. The van der Waals surface area contributed by atoms with E-state index in [2.05, 4.69) is 73.7 Å². The Morgan fingerprint density at radius 3 is 1.97 bits per heavy atom. The van der Waals surface area contributed by atoms with Gasteiger partial charge in [0.2, 0.25) is 0 Å². The number of halogens is 2. The van der Waals surface area contributed by atoms with Crippen LogP contribution in [0.1, 0.15) is 81.8 Å². The summed E-state index contributed by atoms with van der Waals surface area (Å²) in [6.07, 6.45) is 19.1. The number of benzene rings is 2. The molecule has 31 heavy (non-hydrogen) atoms. The molecule has 2 aliphatic rings. The second-order valence-corrected chi connectivity index (χ2v) is 8.59. The number of fused-ring (bicyclic) bond motifs is 3. The van der Waals surface area contributed by atoms with Gasteiger partial charge in [-0.2, -0.15) is 0 Å². The van der Waals surface area contributed by atoms with Gasteiger partial charge >= 0.3 is 26.2 Å². The van der Waals surface area contributed by atoms with Gasteiger partial charge in [-0.15, -0.1) is 0 Å². The van der Waals surface area contributed by atoms with Crippen molar-refractivity contribution in [2.24, 2.45) is 5.92 Å². The molecule has 0 fully saturated rings. The van der Waals surface area contributed by atoms with Crippen LogP contribution < -0.4 is 24.8 Å². The molecule has 4 rings (SSSR count). The minimum Gasteiger partial charge on any atom is -1.00 e. The average Bonchev–Trinajstić information content (AvgIpc) is 3.37. The maximum absolute atomic E-state index is 2.40. The first-order valence-corrected chi connectivity index (χ1v) is 11.4. The van der Waals surface area contributed by atoms with Crippen LogP contribution in [0.4, 0.5) is 0 Å². The zero-order valence-electron chi connectivity index (χ0n) is 18.6. The third-order valence-corrected chi connectivity index (χ3v) is 6.71. The molecule has 0 amide bonds. The van der Waals surface area contributed by atoms with Crippen LogP contribution in [0.15, 0.2) is 72.3 Å². The smallest absolute Gasteiger partial charge is 1.00 e. The van der Waals surface area contributed by atoms with Crippen molar-refractivity contribution in [3.63, 3.8) is 0 Å². The molecule has 0 spiro atoms. The van der Waals surface area contributed by atoms with E-state index >= 15 is 0 Å². The summed E-state index contributed by atoms with van der Waals surface area (Å²) >= 11 is 0. The summed E-state index contributed by atoms with van der Waals surface area (Å²) in [5.41, 5.74) is 7.67. The molecule has 2 aromatic rings. The Labute approximate surface area is 220 Å². The number of hydrogen-bond acceptors (Lipinski definition) is 0. The van der Waals surface area contributed by atoms with Gasteiger partial charge in [-0.3, -0.25) is 0 Å². The van der Waals surface area contributed by atoms with E-state index in [0.29, 0.717) is 11.8 Å². The zero-order chi connectivity index (χ0) is 19.2. The Kier molecular flexibility index (Phi) is 13.3. The first kappa shape index (κ1) is 28.4. The second-order valence-electron chi connectivity index (χ2n) is 8.59. The minimum atomic E-state index is 0.